The van der Waals surface area contributed by atoms with Crippen molar-refractivity contribution in [1.29, 1.82) is 0 Å². The SMILES string of the molecule is CC(=O)C(C(=O)O)c1csc(C)n1. The summed E-state index contributed by atoms with van der Waals surface area (Å²) < 4.78 is 0. The van der Waals surface area contributed by atoms with E-state index in [1.165, 1.54) is 18.3 Å². The van der Waals surface area contributed by atoms with Crippen LogP contribution in [0.15, 0.2) is 5.38 Å². The third-order valence-corrected chi connectivity index (χ3v) is 2.38. The zero-order valence-corrected chi connectivity index (χ0v) is 8.09. The van der Waals surface area contributed by atoms with Gasteiger partial charge in [0, 0.05) is 5.38 Å². The van der Waals surface area contributed by atoms with Crippen molar-refractivity contribution < 1.29 is 14.7 Å². The van der Waals surface area contributed by atoms with Gasteiger partial charge in [0.2, 0.25) is 0 Å². The minimum absolute atomic E-state index is 0.336. The molecule has 0 bridgehead atoms. The van der Waals surface area contributed by atoms with Gasteiger partial charge in [0.1, 0.15) is 5.78 Å². The molecule has 0 spiro atoms. The van der Waals surface area contributed by atoms with Crippen LogP contribution in [0.25, 0.3) is 0 Å². The second-order valence-electron chi connectivity index (χ2n) is 2.67. The number of ketones is 1. The average molecular weight is 199 g/mol. The van der Waals surface area contributed by atoms with Gasteiger partial charge < -0.3 is 5.11 Å². The molecule has 1 heterocycles. The summed E-state index contributed by atoms with van der Waals surface area (Å²) in [5.41, 5.74) is 0.336. The van der Waals surface area contributed by atoms with Crippen molar-refractivity contribution in [2.45, 2.75) is 19.8 Å². The van der Waals surface area contributed by atoms with Crippen LogP contribution in [0.4, 0.5) is 0 Å². The normalized spacial score (nSPS) is 12.5. The van der Waals surface area contributed by atoms with Crippen molar-refractivity contribution in [3.63, 3.8) is 0 Å². The Bertz CT molecular complexity index is 331. The minimum atomic E-state index is -1.14. The molecule has 0 aliphatic rings. The zero-order chi connectivity index (χ0) is 10.0. The van der Waals surface area contributed by atoms with Crippen LogP contribution >= 0.6 is 11.3 Å². The molecule has 1 aromatic heterocycles. The lowest BCUT2D eigenvalue weighted by molar-refractivity contribution is -0.142. The number of carboxylic acids is 1. The fourth-order valence-electron chi connectivity index (χ4n) is 1.02. The Morgan fingerprint density at radius 1 is 1.62 bits per heavy atom. The molecule has 70 valence electrons. The first-order valence-electron chi connectivity index (χ1n) is 3.67. The van der Waals surface area contributed by atoms with Crippen molar-refractivity contribution in [2.75, 3.05) is 0 Å². The number of aryl methyl sites for hydroxylation is 1. The summed E-state index contributed by atoms with van der Waals surface area (Å²) in [4.78, 5) is 25.6. The molecule has 0 amide bonds. The maximum absolute atomic E-state index is 11.0. The van der Waals surface area contributed by atoms with E-state index in [1.54, 1.807) is 12.3 Å². The second-order valence-corrected chi connectivity index (χ2v) is 3.74. The lowest BCUT2D eigenvalue weighted by Crippen LogP contribution is -2.19. The maximum atomic E-state index is 11.0. The lowest BCUT2D eigenvalue weighted by Gasteiger charge is -2.03. The molecule has 4 nitrogen and oxygen atoms in total. The van der Waals surface area contributed by atoms with Crippen LogP contribution in [0.2, 0.25) is 0 Å². The van der Waals surface area contributed by atoms with Gasteiger partial charge in [0.25, 0.3) is 0 Å². The van der Waals surface area contributed by atoms with Crippen molar-refractivity contribution in [1.82, 2.24) is 4.98 Å². The van der Waals surface area contributed by atoms with E-state index in [4.69, 9.17) is 5.11 Å². The van der Waals surface area contributed by atoms with Crippen LogP contribution in [0.3, 0.4) is 0 Å². The van der Waals surface area contributed by atoms with Crippen LogP contribution in [0.1, 0.15) is 23.5 Å². The average Bonchev–Trinajstić information content (AvgIpc) is 2.34. The van der Waals surface area contributed by atoms with Crippen molar-refractivity contribution in [3.05, 3.63) is 16.1 Å². The Kier molecular flexibility index (Phi) is 2.77. The largest absolute Gasteiger partial charge is 0.480 e. The molecule has 0 saturated heterocycles. The predicted molar refractivity (Wildman–Crippen MR) is 47.9 cm³/mol. The van der Waals surface area contributed by atoms with E-state index in [-0.39, 0.29) is 0 Å². The van der Waals surface area contributed by atoms with Gasteiger partial charge in [0.15, 0.2) is 5.92 Å². The fourth-order valence-corrected chi connectivity index (χ4v) is 1.66. The third-order valence-electron chi connectivity index (χ3n) is 1.59. The molecule has 13 heavy (non-hydrogen) atoms. The highest BCUT2D eigenvalue weighted by Gasteiger charge is 2.26. The molecule has 1 N–H and O–H groups in total. The summed E-state index contributed by atoms with van der Waals surface area (Å²) in [5, 5.41) is 11.1. The van der Waals surface area contributed by atoms with Crippen LogP contribution in [0, 0.1) is 6.92 Å². The number of carbonyl (C=O) groups is 2. The van der Waals surface area contributed by atoms with Crippen LogP contribution in [-0.4, -0.2) is 21.8 Å². The molecule has 0 fully saturated rings. The van der Waals surface area contributed by atoms with Crippen LogP contribution in [-0.2, 0) is 9.59 Å². The number of Topliss-reactive ketones (excluding diaryl/α,β-unsaturated/α-hetero) is 1. The van der Waals surface area contributed by atoms with E-state index in [9.17, 15) is 9.59 Å². The van der Waals surface area contributed by atoms with Crippen molar-refractivity contribution in [3.8, 4) is 0 Å². The van der Waals surface area contributed by atoms with Gasteiger partial charge in [-0.1, -0.05) is 0 Å². The van der Waals surface area contributed by atoms with Crippen molar-refractivity contribution in [2.24, 2.45) is 0 Å². The molecular formula is C8H9NO3S. The van der Waals surface area contributed by atoms with Crippen LogP contribution in [0.5, 0.6) is 0 Å². The van der Waals surface area contributed by atoms with Crippen LogP contribution < -0.4 is 0 Å². The number of hydrogen-bond donors (Lipinski definition) is 1. The molecule has 0 aromatic carbocycles. The lowest BCUT2D eigenvalue weighted by atomic mass is 10.0. The van der Waals surface area contributed by atoms with E-state index in [2.05, 4.69) is 4.98 Å². The molecule has 1 aromatic rings. The minimum Gasteiger partial charge on any atom is -0.480 e. The highest BCUT2D eigenvalue weighted by Crippen LogP contribution is 2.19. The first-order chi connectivity index (χ1) is 6.02. The number of aliphatic carboxylic acids is 1. The number of thiazole rings is 1. The van der Waals surface area contributed by atoms with E-state index < -0.39 is 17.7 Å². The zero-order valence-electron chi connectivity index (χ0n) is 7.27. The van der Waals surface area contributed by atoms with Gasteiger partial charge in [0.05, 0.1) is 10.7 Å². The van der Waals surface area contributed by atoms with E-state index in [0.717, 1.165) is 5.01 Å². The fraction of sp³-hybridized carbons (Fsp3) is 0.375. The Morgan fingerprint density at radius 2 is 2.23 bits per heavy atom. The summed E-state index contributed by atoms with van der Waals surface area (Å²) in [7, 11) is 0. The summed E-state index contributed by atoms with van der Waals surface area (Å²) >= 11 is 1.34. The van der Waals surface area contributed by atoms with Gasteiger partial charge in [-0.2, -0.15) is 0 Å². The quantitative estimate of drug-likeness (QED) is 0.743. The Balaban J connectivity index is 3.02. The smallest absolute Gasteiger partial charge is 0.320 e. The van der Waals surface area contributed by atoms with Gasteiger partial charge >= 0.3 is 5.97 Å². The third kappa shape index (κ3) is 2.12. The molecular weight excluding hydrogens is 190 g/mol. The predicted octanol–water partition coefficient (Wildman–Crippen LogP) is 1.21. The molecule has 0 aliphatic carbocycles. The van der Waals surface area contributed by atoms with Gasteiger partial charge in [-0.15, -0.1) is 11.3 Å². The molecule has 0 saturated carbocycles. The number of rotatable bonds is 3. The Labute approximate surface area is 79.2 Å². The van der Waals surface area contributed by atoms with Crippen molar-refractivity contribution >= 4 is 23.1 Å². The Morgan fingerprint density at radius 3 is 2.54 bits per heavy atom. The molecule has 0 radical (unpaired) electrons. The molecule has 5 heteroatoms. The number of nitrogens with zero attached hydrogens (tertiary/aromatic N) is 1. The van der Waals surface area contributed by atoms with E-state index >= 15 is 0 Å². The molecule has 1 rings (SSSR count). The number of carboxylic acid groups (broad SMARTS) is 1. The summed E-state index contributed by atoms with van der Waals surface area (Å²) in [6.07, 6.45) is 0. The molecule has 0 aliphatic heterocycles. The first-order valence-corrected chi connectivity index (χ1v) is 4.55. The maximum Gasteiger partial charge on any atom is 0.320 e. The number of aromatic nitrogens is 1. The van der Waals surface area contributed by atoms with Gasteiger partial charge in [-0.05, 0) is 13.8 Å². The van der Waals surface area contributed by atoms with E-state index in [1.807, 2.05) is 0 Å². The monoisotopic (exact) mass is 199 g/mol. The standard InChI is InChI=1S/C8H9NO3S/c1-4(10)7(8(11)12)6-3-13-5(2)9-6/h3,7H,1-2H3,(H,11,12). The second kappa shape index (κ2) is 3.66. The molecule has 1 unspecified atom stereocenters. The summed E-state index contributed by atoms with van der Waals surface area (Å²) in [6, 6.07) is 0. The Hall–Kier alpha value is -1.23. The topological polar surface area (TPSA) is 67.3 Å². The summed E-state index contributed by atoms with van der Waals surface area (Å²) in [6.45, 7) is 3.03. The van der Waals surface area contributed by atoms with E-state index in [0.29, 0.717) is 5.69 Å². The number of carbonyl (C=O) groups excluding carboxylic acids is 1. The first kappa shape index (κ1) is 9.85. The highest BCUT2D eigenvalue weighted by molar-refractivity contribution is 7.09. The van der Waals surface area contributed by atoms with Gasteiger partial charge in [-0.25, -0.2) is 4.98 Å². The van der Waals surface area contributed by atoms with Gasteiger partial charge in [-0.3, -0.25) is 9.59 Å². The number of hydrogen-bond acceptors (Lipinski definition) is 4. The molecule has 1 atom stereocenters. The summed E-state index contributed by atoms with van der Waals surface area (Å²) in [5.74, 6) is -2.64. The highest BCUT2D eigenvalue weighted by atomic mass is 32.1.